The van der Waals surface area contributed by atoms with Crippen LogP contribution in [0.4, 0.5) is 5.13 Å². The van der Waals surface area contributed by atoms with Crippen molar-refractivity contribution in [1.29, 1.82) is 0 Å². The van der Waals surface area contributed by atoms with Crippen molar-refractivity contribution in [1.82, 2.24) is 10.1 Å². The van der Waals surface area contributed by atoms with E-state index >= 15 is 0 Å². The minimum Gasteiger partial charge on any atom is -0.391 e. The monoisotopic (exact) mass is 295 g/mol. The summed E-state index contributed by atoms with van der Waals surface area (Å²) in [5, 5.41) is 25.8. The number of aryl methyl sites for hydroxylation is 1. The molecule has 0 aromatic carbocycles. The van der Waals surface area contributed by atoms with Gasteiger partial charge in [-0.2, -0.15) is 0 Å². The van der Waals surface area contributed by atoms with Gasteiger partial charge in [0.1, 0.15) is 5.76 Å². The number of β-amino-alcohol motifs (C(OH)–C–C–N with tert-alkyl or cyclic N) is 1. The number of nitrogens with zero attached hydrogens (tertiary/aromatic N) is 3. The molecule has 1 aliphatic heterocycles. The second-order valence-corrected chi connectivity index (χ2v) is 5.99. The van der Waals surface area contributed by atoms with Gasteiger partial charge in [0.15, 0.2) is 5.13 Å². The molecule has 0 aliphatic carbocycles. The van der Waals surface area contributed by atoms with Gasteiger partial charge in [-0.05, 0) is 6.92 Å². The summed E-state index contributed by atoms with van der Waals surface area (Å²) in [6, 6.07) is 1.91. The molecular weight excluding hydrogens is 278 g/mol. The Bertz CT molecular complexity index is 583. The Morgan fingerprint density at radius 2 is 2.35 bits per heavy atom. The smallest absolute Gasteiger partial charge is 0.185 e. The molecule has 1 saturated heterocycles. The van der Waals surface area contributed by atoms with Crippen LogP contribution in [0, 0.1) is 12.8 Å². The Kier molecular flexibility index (Phi) is 3.73. The molecule has 2 N–H and O–H groups in total. The van der Waals surface area contributed by atoms with Gasteiger partial charge in [-0.3, -0.25) is 0 Å². The highest BCUT2D eigenvalue weighted by Crippen LogP contribution is 2.29. The summed E-state index contributed by atoms with van der Waals surface area (Å²) in [6.45, 7) is 3.14. The fourth-order valence-electron chi connectivity index (χ4n) is 2.50. The first kappa shape index (κ1) is 13.5. The van der Waals surface area contributed by atoms with Crippen molar-refractivity contribution in [3.63, 3.8) is 0 Å². The van der Waals surface area contributed by atoms with E-state index in [0.29, 0.717) is 18.7 Å². The van der Waals surface area contributed by atoms with E-state index in [1.807, 2.05) is 18.4 Å². The number of aliphatic hydroxyl groups is 2. The Morgan fingerprint density at radius 3 is 3.00 bits per heavy atom. The Labute approximate surface area is 120 Å². The van der Waals surface area contributed by atoms with Gasteiger partial charge < -0.3 is 19.6 Å². The second-order valence-electron chi connectivity index (χ2n) is 5.15. The molecule has 0 unspecified atom stereocenters. The van der Waals surface area contributed by atoms with Gasteiger partial charge in [0.2, 0.25) is 0 Å². The van der Waals surface area contributed by atoms with Crippen molar-refractivity contribution in [2.24, 2.45) is 5.92 Å². The van der Waals surface area contributed by atoms with E-state index in [2.05, 4.69) is 15.0 Å². The number of hydrogen-bond donors (Lipinski definition) is 2. The zero-order valence-electron chi connectivity index (χ0n) is 11.2. The lowest BCUT2D eigenvalue weighted by Crippen LogP contribution is -2.20. The number of hydrogen-bond acceptors (Lipinski definition) is 7. The SMILES string of the molecule is Cc1cc(C[C@@H]2CN(c3nc(CO)cs3)C[C@H]2O)on1. The third-order valence-electron chi connectivity index (χ3n) is 3.52. The van der Waals surface area contributed by atoms with Crippen LogP contribution in [0.1, 0.15) is 17.1 Å². The van der Waals surface area contributed by atoms with E-state index in [-0.39, 0.29) is 12.5 Å². The van der Waals surface area contributed by atoms with Crippen LogP contribution in [0.3, 0.4) is 0 Å². The normalized spacial score (nSPS) is 22.6. The van der Waals surface area contributed by atoms with E-state index in [1.54, 1.807) is 0 Å². The summed E-state index contributed by atoms with van der Waals surface area (Å²) in [5.74, 6) is 0.924. The first-order valence-electron chi connectivity index (χ1n) is 6.56. The topological polar surface area (TPSA) is 82.6 Å². The molecule has 0 radical (unpaired) electrons. The Hall–Kier alpha value is -1.44. The maximum absolute atomic E-state index is 10.2. The average molecular weight is 295 g/mol. The summed E-state index contributed by atoms with van der Waals surface area (Å²) in [6.07, 6.45) is 0.276. The van der Waals surface area contributed by atoms with Crippen LogP contribution in [0.25, 0.3) is 0 Å². The summed E-state index contributed by atoms with van der Waals surface area (Å²) < 4.78 is 5.21. The third kappa shape index (κ3) is 2.70. The van der Waals surface area contributed by atoms with Crippen LogP contribution in [0.15, 0.2) is 16.0 Å². The first-order chi connectivity index (χ1) is 9.65. The van der Waals surface area contributed by atoms with Crippen molar-refractivity contribution in [3.8, 4) is 0 Å². The molecule has 20 heavy (non-hydrogen) atoms. The van der Waals surface area contributed by atoms with Crippen molar-refractivity contribution in [2.45, 2.75) is 26.1 Å². The van der Waals surface area contributed by atoms with Gasteiger partial charge in [-0.1, -0.05) is 5.16 Å². The van der Waals surface area contributed by atoms with Crippen LogP contribution in [0.2, 0.25) is 0 Å². The Balaban J connectivity index is 1.67. The fourth-order valence-corrected chi connectivity index (χ4v) is 3.33. The Morgan fingerprint density at radius 1 is 1.50 bits per heavy atom. The molecule has 2 atom stereocenters. The summed E-state index contributed by atoms with van der Waals surface area (Å²) in [7, 11) is 0. The molecule has 2 aromatic rings. The lowest BCUT2D eigenvalue weighted by Gasteiger charge is -2.13. The maximum atomic E-state index is 10.2. The van der Waals surface area contributed by atoms with Gasteiger partial charge in [-0.15, -0.1) is 11.3 Å². The lowest BCUT2D eigenvalue weighted by atomic mass is 10.0. The number of aliphatic hydroxyl groups excluding tert-OH is 2. The molecule has 0 spiro atoms. The molecule has 108 valence electrons. The van der Waals surface area contributed by atoms with Gasteiger partial charge in [0, 0.05) is 36.9 Å². The summed E-state index contributed by atoms with van der Waals surface area (Å²) in [5.41, 5.74) is 1.53. The molecule has 2 aromatic heterocycles. The van der Waals surface area contributed by atoms with Crippen LogP contribution in [0.5, 0.6) is 0 Å². The van der Waals surface area contributed by atoms with Gasteiger partial charge in [-0.25, -0.2) is 4.98 Å². The maximum Gasteiger partial charge on any atom is 0.185 e. The number of rotatable bonds is 4. The van der Waals surface area contributed by atoms with Crippen LogP contribution in [-0.4, -0.2) is 39.5 Å². The fraction of sp³-hybridized carbons (Fsp3) is 0.538. The quantitative estimate of drug-likeness (QED) is 0.874. The van der Waals surface area contributed by atoms with E-state index in [9.17, 15) is 5.11 Å². The van der Waals surface area contributed by atoms with Crippen LogP contribution >= 0.6 is 11.3 Å². The molecule has 0 bridgehead atoms. The minimum absolute atomic E-state index is 0.0480. The number of anilines is 1. The molecular formula is C13H17N3O3S. The summed E-state index contributed by atoms with van der Waals surface area (Å²) >= 11 is 1.49. The van der Waals surface area contributed by atoms with Gasteiger partial charge in [0.05, 0.1) is 24.1 Å². The number of aromatic nitrogens is 2. The highest BCUT2D eigenvalue weighted by Gasteiger charge is 2.33. The van der Waals surface area contributed by atoms with E-state index in [0.717, 1.165) is 23.1 Å². The van der Waals surface area contributed by atoms with Crippen molar-refractivity contribution in [3.05, 3.63) is 28.6 Å². The second kappa shape index (κ2) is 5.51. The molecule has 1 aliphatic rings. The van der Waals surface area contributed by atoms with Gasteiger partial charge >= 0.3 is 0 Å². The third-order valence-corrected chi connectivity index (χ3v) is 4.47. The highest BCUT2D eigenvalue weighted by molar-refractivity contribution is 7.13. The average Bonchev–Trinajstić information content (AvgIpc) is 3.11. The molecule has 7 heteroatoms. The number of thiazole rings is 1. The van der Waals surface area contributed by atoms with E-state index in [4.69, 9.17) is 9.63 Å². The molecule has 0 amide bonds. The van der Waals surface area contributed by atoms with Crippen molar-refractivity contribution < 1.29 is 14.7 Å². The lowest BCUT2D eigenvalue weighted by molar-refractivity contribution is 0.143. The highest BCUT2D eigenvalue weighted by atomic mass is 32.1. The predicted octanol–water partition coefficient (Wildman–Crippen LogP) is 0.972. The molecule has 0 saturated carbocycles. The van der Waals surface area contributed by atoms with Crippen molar-refractivity contribution >= 4 is 16.5 Å². The molecule has 1 fully saturated rings. The zero-order valence-corrected chi connectivity index (χ0v) is 12.0. The van der Waals surface area contributed by atoms with Crippen LogP contribution < -0.4 is 4.90 Å². The van der Waals surface area contributed by atoms with E-state index < -0.39 is 6.10 Å². The standard InChI is InChI=1S/C13H17N3O3S/c1-8-2-11(19-15-8)3-9-4-16(5-12(9)18)13-14-10(6-17)7-20-13/h2,7,9,12,17-18H,3-6H2,1H3/t9-,12-/m1/s1. The first-order valence-corrected chi connectivity index (χ1v) is 7.44. The van der Waals surface area contributed by atoms with Gasteiger partial charge in [0.25, 0.3) is 0 Å². The molecule has 3 heterocycles. The molecule has 6 nitrogen and oxygen atoms in total. The largest absolute Gasteiger partial charge is 0.391 e. The predicted molar refractivity (Wildman–Crippen MR) is 74.7 cm³/mol. The molecule has 3 rings (SSSR count). The summed E-state index contributed by atoms with van der Waals surface area (Å²) in [4.78, 5) is 6.40. The van der Waals surface area contributed by atoms with Crippen LogP contribution in [-0.2, 0) is 13.0 Å². The zero-order chi connectivity index (χ0) is 14.1. The van der Waals surface area contributed by atoms with Crippen molar-refractivity contribution in [2.75, 3.05) is 18.0 Å². The minimum atomic E-state index is -0.401. The van der Waals surface area contributed by atoms with E-state index in [1.165, 1.54) is 11.3 Å².